The van der Waals surface area contributed by atoms with Crippen LogP contribution in [-0.2, 0) is 0 Å². The van der Waals surface area contributed by atoms with Gasteiger partial charge < -0.3 is 31.3 Å². The molecule has 0 aliphatic carbocycles. The van der Waals surface area contributed by atoms with Gasteiger partial charge in [-0.05, 0) is 0 Å². The summed E-state index contributed by atoms with van der Waals surface area (Å²) in [5.41, 5.74) is 4.19. The Labute approximate surface area is 85.3 Å². The van der Waals surface area contributed by atoms with E-state index in [1.807, 2.05) is 0 Å². The maximum atomic E-state index is 10.4. The maximum absolute atomic E-state index is 10.4. The average Bonchev–Trinajstić information content (AvgIpc) is 2.22. The highest BCUT2D eigenvalue weighted by Crippen LogP contribution is 2.02. The smallest absolute Gasteiger partial charge is 0.338 e. The Kier molecular flexibility index (Phi) is 5.97. The minimum Gasteiger partial charge on any atom is -0.394 e. The van der Waals surface area contributed by atoms with Crippen molar-refractivity contribution in [3.63, 3.8) is 0 Å². The van der Waals surface area contributed by atoms with Crippen molar-refractivity contribution in [3.8, 4) is 0 Å². The molecule has 7 N–H and O–H groups in total. The summed E-state index contributed by atoms with van der Waals surface area (Å²) in [5.74, 6) is 0. The molecule has 0 aromatic carbocycles. The van der Waals surface area contributed by atoms with Gasteiger partial charge in [0.15, 0.2) is 0 Å². The van der Waals surface area contributed by atoms with Crippen LogP contribution in [0, 0.1) is 0 Å². The summed E-state index contributed by atoms with van der Waals surface area (Å²) in [6.45, 7) is -1.59. The molecule has 0 fully saturated rings. The van der Waals surface area contributed by atoms with Gasteiger partial charge in [-0.25, -0.2) is 4.79 Å². The molecule has 0 aromatic heterocycles. The van der Waals surface area contributed by atoms with E-state index in [1.54, 1.807) is 0 Å². The van der Waals surface area contributed by atoms with Crippen LogP contribution in [-0.4, -0.2) is 68.8 Å². The molecule has 0 radical (unpaired) electrons. The molecule has 0 heterocycles. The topological polar surface area (TPSA) is 157 Å². The Morgan fingerprint density at radius 1 is 1.27 bits per heavy atom. The second-order valence-corrected chi connectivity index (χ2v) is 2.78. The fourth-order valence-electron chi connectivity index (χ4n) is 0.852. The van der Waals surface area contributed by atoms with E-state index < -0.39 is 43.3 Å². The van der Waals surface area contributed by atoms with Gasteiger partial charge in [0.25, 0.3) is 0 Å². The van der Waals surface area contributed by atoms with E-state index in [0.29, 0.717) is 0 Å². The van der Waals surface area contributed by atoms with Crippen LogP contribution in [0.3, 0.4) is 0 Å². The molecule has 8 nitrogen and oxygen atoms in total. The minimum atomic E-state index is -1.77. The predicted molar refractivity (Wildman–Crippen MR) is 49.2 cm³/mol. The van der Waals surface area contributed by atoms with Crippen molar-refractivity contribution in [1.29, 1.82) is 0 Å². The predicted octanol–water partition coefficient (Wildman–Crippen LogP) is -3.43. The molecule has 3 unspecified atom stereocenters. The third-order valence-electron chi connectivity index (χ3n) is 1.66. The van der Waals surface area contributed by atoms with Crippen molar-refractivity contribution in [1.82, 2.24) is 0 Å². The lowest BCUT2D eigenvalue weighted by atomic mass is 10.0. The first-order chi connectivity index (χ1) is 6.93. The van der Waals surface area contributed by atoms with Crippen molar-refractivity contribution in [2.45, 2.75) is 18.3 Å². The maximum Gasteiger partial charge on any atom is 0.338 e. The zero-order valence-electron chi connectivity index (χ0n) is 7.82. The Bertz CT molecular complexity index is 244. The van der Waals surface area contributed by atoms with Crippen LogP contribution < -0.4 is 5.73 Å². The fourth-order valence-corrected chi connectivity index (χ4v) is 0.852. The number of aliphatic hydroxyl groups excluding tert-OH is 5. The number of amides is 2. The number of aliphatic imine (C=N–C) groups is 1. The highest BCUT2D eigenvalue weighted by atomic mass is 16.4. The number of aliphatic hydroxyl groups is 5. The number of carbonyl (C=O) groups is 1. The Balaban J connectivity index is 4.64. The number of hydrogen-bond donors (Lipinski definition) is 6. The van der Waals surface area contributed by atoms with E-state index in [1.165, 1.54) is 0 Å². The summed E-state index contributed by atoms with van der Waals surface area (Å²) in [6.07, 6.45) is -5.14. The lowest BCUT2D eigenvalue weighted by Crippen LogP contribution is -2.45. The molecule has 0 aliphatic heterocycles. The number of rotatable bonds is 5. The SMILES string of the molecule is NC(=O)N=C(CO)C(O)C(O)C(O)CO. The van der Waals surface area contributed by atoms with Gasteiger partial charge in [0, 0.05) is 0 Å². The molecule has 0 aromatic rings. The van der Waals surface area contributed by atoms with E-state index in [-0.39, 0.29) is 0 Å². The quantitative estimate of drug-likeness (QED) is 0.266. The van der Waals surface area contributed by atoms with E-state index in [2.05, 4.69) is 10.7 Å². The summed E-state index contributed by atoms with van der Waals surface area (Å²) >= 11 is 0. The number of nitrogens with zero attached hydrogens (tertiary/aromatic N) is 1. The highest BCUT2D eigenvalue weighted by Gasteiger charge is 2.28. The molecular formula is C7H14N2O6. The van der Waals surface area contributed by atoms with Gasteiger partial charge in [0.05, 0.1) is 18.9 Å². The second kappa shape index (κ2) is 6.43. The van der Waals surface area contributed by atoms with Crippen molar-refractivity contribution in [2.75, 3.05) is 13.2 Å². The molecule has 15 heavy (non-hydrogen) atoms. The van der Waals surface area contributed by atoms with Gasteiger partial charge in [-0.3, -0.25) is 0 Å². The molecule has 2 amide bonds. The summed E-state index contributed by atoms with van der Waals surface area (Å²) < 4.78 is 0. The zero-order valence-corrected chi connectivity index (χ0v) is 7.82. The third kappa shape index (κ3) is 4.32. The number of hydrogen-bond acceptors (Lipinski definition) is 6. The molecule has 3 atom stereocenters. The Hall–Kier alpha value is -1.06. The zero-order chi connectivity index (χ0) is 12.0. The summed E-state index contributed by atoms with van der Waals surface area (Å²) in [4.78, 5) is 13.4. The molecule has 8 heteroatoms. The first-order valence-electron chi connectivity index (χ1n) is 4.06. The van der Waals surface area contributed by atoms with Gasteiger partial charge in [0.1, 0.15) is 18.3 Å². The fraction of sp³-hybridized carbons (Fsp3) is 0.714. The van der Waals surface area contributed by atoms with Crippen LogP contribution in [0.4, 0.5) is 4.79 Å². The van der Waals surface area contributed by atoms with Gasteiger partial charge in [-0.1, -0.05) is 0 Å². The number of primary amides is 1. The molecule has 0 bridgehead atoms. The first kappa shape index (κ1) is 13.9. The number of urea groups is 1. The van der Waals surface area contributed by atoms with Crippen LogP contribution >= 0.6 is 0 Å². The molecule has 0 saturated carbocycles. The van der Waals surface area contributed by atoms with Gasteiger partial charge >= 0.3 is 6.03 Å². The summed E-state index contributed by atoms with van der Waals surface area (Å²) in [6, 6.07) is -1.15. The van der Waals surface area contributed by atoms with Gasteiger partial charge in [-0.2, -0.15) is 4.99 Å². The number of nitrogens with two attached hydrogens (primary N) is 1. The molecule has 0 rings (SSSR count). The van der Waals surface area contributed by atoms with Crippen molar-refractivity contribution < 1.29 is 30.3 Å². The van der Waals surface area contributed by atoms with Crippen molar-refractivity contribution in [3.05, 3.63) is 0 Å². The van der Waals surface area contributed by atoms with E-state index in [4.69, 9.17) is 15.3 Å². The summed E-state index contributed by atoms with van der Waals surface area (Å²) in [7, 11) is 0. The van der Waals surface area contributed by atoms with Crippen LogP contribution in [0.15, 0.2) is 4.99 Å². The lowest BCUT2D eigenvalue weighted by molar-refractivity contribution is -0.0564. The molecule has 0 saturated heterocycles. The van der Waals surface area contributed by atoms with Crippen molar-refractivity contribution in [2.24, 2.45) is 10.7 Å². The third-order valence-corrected chi connectivity index (χ3v) is 1.66. The lowest BCUT2D eigenvalue weighted by Gasteiger charge is -2.21. The monoisotopic (exact) mass is 222 g/mol. The Morgan fingerprint density at radius 2 is 1.80 bits per heavy atom. The average molecular weight is 222 g/mol. The highest BCUT2D eigenvalue weighted by molar-refractivity contribution is 5.98. The largest absolute Gasteiger partial charge is 0.394 e. The van der Waals surface area contributed by atoms with Crippen LogP contribution in [0.25, 0.3) is 0 Å². The van der Waals surface area contributed by atoms with Crippen LogP contribution in [0.1, 0.15) is 0 Å². The molecule has 0 spiro atoms. The van der Waals surface area contributed by atoms with Gasteiger partial charge in [0.2, 0.25) is 0 Å². The van der Waals surface area contributed by atoms with E-state index >= 15 is 0 Å². The molecule has 0 aliphatic rings. The van der Waals surface area contributed by atoms with Gasteiger partial charge in [-0.15, -0.1) is 0 Å². The van der Waals surface area contributed by atoms with E-state index in [9.17, 15) is 15.0 Å². The normalized spacial score (nSPS) is 18.3. The standard InChI is InChI=1S/C7H14N2O6/c8-7(15)9-3(1-10)5(13)6(14)4(12)2-11/h4-6,10-14H,1-2H2,(H2,8,15). The molecular weight excluding hydrogens is 208 g/mol. The number of carbonyl (C=O) groups excluding carboxylic acids is 1. The first-order valence-corrected chi connectivity index (χ1v) is 4.06. The van der Waals surface area contributed by atoms with E-state index in [0.717, 1.165) is 0 Å². The second-order valence-electron chi connectivity index (χ2n) is 2.78. The van der Waals surface area contributed by atoms with Crippen LogP contribution in [0.2, 0.25) is 0 Å². The Morgan fingerprint density at radius 3 is 2.13 bits per heavy atom. The van der Waals surface area contributed by atoms with Crippen LogP contribution in [0.5, 0.6) is 0 Å². The molecule has 88 valence electrons. The van der Waals surface area contributed by atoms with Crippen molar-refractivity contribution >= 4 is 11.7 Å². The summed E-state index contributed by atoms with van der Waals surface area (Å²) in [5, 5.41) is 44.6. The minimum absolute atomic E-state index is 0.484.